The van der Waals surface area contributed by atoms with Crippen molar-refractivity contribution in [3.63, 3.8) is 0 Å². The molecule has 0 unspecified atom stereocenters. The number of carbonyl (C=O) groups is 4. The van der Waals surface area contributed by atoms with Crippen molar-refractivity contribution < 1.29 is 19.2 Å². The molecule has 2 aliphatic heterocycles. The van der Waals surface area contributed by atoms with Gasteiger partial charge in [0.2, 0.25) is 0 Å². The third kappa shape index (κ3) is 2.59. The lowest BCUT2D eigenvalue weighted by atomic mass is 9.86. The van der Waals surface area contributed by atoms with E-state index in [4.69, 9.17) is 0 Å². The van der Waals surface area contributed by atoms with Gasteiger partial charge in [0.25, 0.3) is 23.6 Å². The summed E-state index contributed by atoms with van der Waals surface area (Å²) in [5.74, 6) is -1.77. The number of pyridine rings is 2. The van der Waals surface area contributed by atoms with Crippen molar-refractivity contribution in [2.45, 2.75) is 13.8 Å². The number of amides is 4. The Labute approximate surface area is 193 Å². The monoisotopic (exact) mass is 448 g/mol. The zero-order valence-corrected chi connectivity index (χ0v) is 18.2. The minimum absolute atomic E-state index is 0.220. The van der Waals surface area contributed by atoms with Gasteiger partial charge in [-0.15, -0.1) is 0 Å². The molecule has 0 radical (unpaired) electrons. The van der Waals surface area contributed by atoms with Crippen LogP contribution >= 0.6 is 0 Å². The molecule has 34 heavy (non-hydrogen) atoms. The highest BCUT2D eigenvalue weighted by molar-refractivity contribution is 6.41. The van der Waals surface area contributed by atoms with Crippen LogP contribution in [0.2, 0.25) is 0 Å². The highest BCUT2D eigenvalue weighted by Crippen LogP contribution is 2.39. The molecule has 2 aliphatic rings. The van der Waals surface area contributed by atoms with Crippen LogP contribution < -0.4 is 9.80 Å². The normalized spacial score (nSPS) is 14.9. The average molecular weight is 448 g/mol. The van der Waals surface area contributed by atoms with Crippen molar-refractivity contribution in [2.75, 3.05) is 9.80 Å². The summed E-state index contributed by atoms with van der Waals surface area (Å²) in [6.45, 7) is 3.54. The van der Waals surface area contributed by atoms with Crippen LogP contribution in [0.3, 0.4) is 0 Å². The van der Waals surface area contributed by atoms with Gasteiger partial charge in [-0.2, -0.15) is 0 Å². The Morgan fingerprint density at radius 2 is 0.824 bits per heavy atom. The number of benzene rings is 2. The molecule has 6 rings (SSSR count). The van der Waals surface area contributed by atoms with Gasteiger partial charge in [-0.1, -0.05) is 12.1 Å². The summed E-state index contributed by atoms with van der Waals surface area (Å²) in [5.41, 5.74) is 2.27. The molecule has 8 heteroatoms. The van der Waals surface area contributed by atoms with Crippen molar-refractivity contribution in [3.8, 4) is 0 Å². The number of rotatable bonds is 2. The molecule has 0 saturated carbocycles. The Kier molecular flexibility index (Phi) is 4.04. The smallest absolute Gasteiger partial charge is 0.267 e. The van der Waals surface area contributed by atoms with Gasteiger partial charge in [0.05, 0.1) is 0 Å². The van der Waals surface area contributed by atoms with Crippen LogP contribution in [0.15, 0.2) is 60.7 Å². The maximum Gasteiger partial charge on any atom is 0.267 e. The molecule has 0 spiro atoms. The quantitative estimate of drug-likeness (QED) is 0.432. The van der Waals surface area contributed by atoms with E-state index in [1.54, 1.807) is 50.2 Å². The first-order chi connectivity index (χ1) is 16.4. The number of anilines is 2. The number of carbonyl (C=O) groups excluding carboxylic acids is 4. The van der Waals surface area contributed by atoms with Crippen molar-refractivity contribution in [2.24, 2.45) is 0 Å². The zero-order valence-electron chi connectivity index (χ0n) is 18.2. The number of imide groups is 2. The fourth-order valence-corrected chi connectivity index (χ4v) is 4.60. The first kappa shape index (κ1) is 19.9. The molecule has 4 aromatic rings. The lowest BCUT2D eigenvalue weighted by Gasteiger charge is -2.31. The van der Waals surface area contributed by atoms with E-state index < -0.39 is 23.6 Å². The van der Waals surface area contributed by atoms with Gasteiger partial charge in [-0.25, -0.2) is 19.8 Å². The molecule has 0 saturated heterocycles. The molecular formula is C26H16N4O4. The van der Waals surface area contributed by atoms with Crippen molar-refractivity contribution in [1.82, 2.24) is 9.97 Å². The maximum absolute atomic E-state index is 13.4. The van der Waals surface area contributed by atoms with Gasteiger partial charge in [0.1, 0.15) is 11.6 Å². The third-order valence-electron chi connectivity index (χ3n) is 6.10. The molecule has 0 atom stereocenters. The van der Waals surface area contributed by atoms with E-state index in [0.717, 1.165) is 9.80 Å². The highest BCUT2D eigenvalue weighted by atomic mass is 16.2. The van der Waals surface area contributed by atoms with Crippen LogP contribution in [0.1, 0.15) is 52.8 Å². The molecule has 4 amide bonds. The van der Waals surface area contributed by atoms with Crippen LogP contribution in [0.25, 0.3) is 10.8 Å². The van der Waals surface area contributed by atoms with E-state index in [2.05, 4.69) is 9.97 Å². The van der Waals surface area contributed by atoms with E-state index in [1.807, 2.05) is 0 Å². The molecule has 2 aromatic carbocycles. The molecule has 4 heterocycles. The number of aromatic nitrogens is 2. The minimum atomic E-state index is -0.554. The second-order valence-electron chi connectivity index (χ2n) is 8.24. The van der Waals surface area contributed by atoms with Crippen molar-refractivity contribution in [3.05, 3.63) is 94.3 Å². The molecule has 2 aromatic heterocycles. The zero-order chi connectivity index (χ0) is 23.7. The fraction of sp³-hybridized carbons (Fsp3) is 0.0769. The maximum atomic E-state index is 13.4. The largest absolute Gasteiger partial charge is 0.268 e. The molecule has 0 aliphatic carbocycles. The highest BCUT2D eigenvalue weighted by Gasteiger charge is 2.41. The standard InChI is InChI=1S/C26H16N4O4/c1-13-5-3-7-19(27-13)29-23(31)15-9-11-17-22-18(12-10-16(21(15)22)24(29)32)26(34)30(25(17)33)20-8-4-6-14(2)28-20/h3-12H,1-2H3. The van der Waals surface area contributed by atoms with Crippen LogP contribution in [0, 0.1) is 13.8 Å². The second kappa shape index (κ2) is 6.89. The molecule has 0 N–H and O–H groups in total. The van der Waals surface area contributed by atoms with Crippen molar-refractivity contribution in [1.29, 1.82) is 0 Å². The predicted octanol–water partition coefficient (Wildman–Crippen LogP) is 3.85. The van der Waals surface area contributed by atoms with E-state index >= 15 is 0 Å². The van der Waals surface area contributed by atoms with Gasteiger partial charge in [-0.3, -0.25) is 19.2 Å². The average Bonchev–Trinajstić information content (AvgIpc) is 2.81. The van der Waals surface area contributed by atoms with Gasteiger partial charge < -0.3 is 0 Å². The SMILES string of the molecule is Cc1cccc(N2C(=O)c3ccc4c5c(ccc(c35)C2=O)C(=O)N(c2cccc(C)n2)C4=O)n1. The summed E-state index contributed by atoms with van der Waals surface area (Å²) < 4.78 is 0. The molecule has 164 valence electrons. The minimum Gasteiger partial charge on any atom is -0.268 e. The Morgan fingerprint density at radius 1 is 0.500 bits per heavy atom. The molecule has 8 nitrogen and oxygen atoms in total. The number of hydrogen-bond acceptors (Lipinski definition) is 6. The number of aryl methyl sites for hydroxylation is 2. The lowest BCUT2D eigenvalue weighted by molar-refractivity contribution is 0.0871. The Morgan fingerprint density at radius 3 is 1.12 bits per heavy atom. The Hall–Kier alpha value is -4.72. The molecule has 0 fully saturated rings. The molecule has 0 bridgehead atoms. The van der Waals surface area contributed by atoms with Crippen LogP contribution in [0.4, 0.5) is 11.6 Å². The summed E-state index contributed by atoms with van der Waals surface area (Å²) in [6.07, 6.45) is 0. The van der Waals surface area contributed by atoms with Crippen LogP contribution in [-0.2, 0) is 0 Å². The van der Waals surface area contributed by atoms with Crippen LogP contribution in [-0.4, -0.2) is 33.6 Å². The first-order valence-electron chi connectivity index (χ1n) is 10.6. The summed E-state index contributed by atoms with van der Waals surface area (Å²) >= 11 is 0. The first-order valence-corrected chi connectivity index (χ1v) is 10.6. The van der Waals surface area contributed by atoms with E-state index in [-0.39, 0.29) is 33.9 Å². The van der Waals surface area contributed by atoms with Crippen molar-refractivity contribution >= 4 is 46.0 Å². The fourth-order valence-electron chi connectivity index (χ4n) is 4.60. The number of nitrogens with zero attached hydrogens (tertiary/aromatic N) is 4. The topological polar surface area (TPSA) is 101 Å². The van der Waals surface area contributed by atoms with E-state index in [0.29, 0.717) is 22.2 Å². The van der Waals surface area contributed by atoms with Crippen LogP contribution in [0.5, 0.6) is 0 Å². The summed E-state index contributed by atoms with van der Waals surface area (Å²) in [6, 6.07) is 16.3. The van der Waals surface area contributed by atoms with E-state index in [1.165, 1.54) is 24.3 Å². The summed E-state index contributed by atoms with van der Waals surface area (Å²) in [7, 11) is 0. The molecular weight excluding hydrogens is 432 g/mol. The number of hydrogen-bond donors (Lipinski definition) is 0. The summed E-state index contributed by atoms with van der Waals surface area (Å²) in [4.78, 5) is 64.4. The van der Waals surface area contributed by atoms with E-state index in [9.17, 15) is 19.2 Å². The van der Waals surface area contributed by atoms with Gasteiger partial charge in [0.15, 0.2) is 0 Å². The Balaban J connectivity index is 1.57. The third-order valence-corrected chi connectivity index (χ3v) is 6.10. The Bertz CT molecular complexity index is 1430. The van der Waals surface area contributed by atoms with Gasteiger partial charge >= 0.3 is 0 Å². The lowest BCUT2D eigenvalue weighted by Crippen LogP contribution is -2.44. The second-order valence-corrected chi connectivity index (χ2v) is 8.24. The van der Waals surface area contributed by atoms with Gasteiger partial charge in [0, 0.05) is 44.4 Å². The predicted molar refractivity (Wildman–Crippen MR) is 124 cm³/mol. The summed E-state index contributed by atoms with van der Waals surface area (Å²) in [5, 5.41) is 0.625. The van der Waals surface area contributed by atoms with Gasteiger partial charge in [-0.05, 0) is 62.4 Å².